The maximum atomic E-state index is 12.0. The maximum absolute atomic E-state index is 12.0. The largest absolute Gasteiger partial charge is 0.497 e. The first-order chi connectivity index (χ1) is 11.6. The van der Waals surface area contributed by atoms with E-state index in [9.17, 15) is 14.9 Å². The fraction of sp³-hybridized carbons (Fsp3) is 0.0588. The molecule has 0 fully saturated rings. The number of carbonyl (C=O) groups excluding carboxylic acids is 1. The minimum absolute atomic E-state index is 0.0397. The number of nitrogens with zero attached hydrogens (tertiary/aromatic N) is 2. The fourth-order valence-corrected chi connectivity index (χ4v) is 2.17. The van der Waals surface area contributed by atoms with E-state index in [0.717, 1.165) is 5.56 Å². The average Bonchev–Trinajstić information content (AvgIpc) is 2.96. The monoisotopic (exact) mass is 324 g/mol. The highest BCUT2D eigenvalue weighted by Crippen LogP contribution is 2.22. The maximum Gasteiger partial charge on any atom is 0.363 e. The third-order valence-electron chi connectivity index (χ3n) is 3.32. The van der Waals surface area contributed by atoms with E-state index in [4.69, 9.17) is 9.47 Å². The number of hydrogen-bond donors (Lipinski definition) is 0. The number of methoxy groups -OCH3 is 1. The molecule has 0 atom stereocenters. The van der Waals surface area contributed by atoms with E-state index in [0.29, 0.717) is 11.3 Å². The zero-order chi connectivity index (χ0) is 17.1. The number of esters is 1. The minimum Gasteiger partial charge on any atom is -0.497 e. The van der Waals surface area contributed by atoms with Gasteiger partial charge in [-0.2, -0.15) is 0 Å². The van der Waals surface area contributed by atoms with E-state index in [2.05, 4.69) is 4.99 Å². The third kappa shape index (κ3) is 3.14. The molecule has 0 aliphatic carbocycles. The second-order valence-corrected chi connectivity index (χ2v) is 4.92. The highest BCUT2D eigenvalue weighted by molar-refractivity contribution is 6.13. The third-order valence-corrected chi connectivity index (χ3v) is 3.32. The van der Waals surface area contributed by atoms with Gasteiger partial charge in [-0.1, -0.05) is 18.2 Å². The number of non-ortho nitro benzene ring substituents is 1. The van der Waals surface area contributed by atoms with Gasteiger partial charge in [-0.15, -0.1) is 0 Å². The van der Waals surface area contributed by atoms with E-state index in [-0.39, 0.29) is 17.3 Å². The second-order valence-electron chi connectivity index (χ2n) is 4.92. The number of rotatable bonds is 4. The van der Waals surface area contributed by atoms with E-state index in [1.54, 1.807) is 43.5 Å². The number of benzene rings is 2. The fourth-order valence-electron chi connectivity index (χ4n) is 2.17. The Labute approximate surface area is 137 Å². The van der Waals surface area contributed by atoms with Gasteiger partial charge in [0.25, 0.3) is 5.69 Å². The number of hydrogen-bond acceptors (Lipinski definition) is 6. The number of nitro groups is 1. The van der Waals surface area contributed by atoms with E-state index >= 15 is 0 Å². The lowest BCUT2D eigenvalue weighted by Gasteiger charge is -2.00. The van der Waals surface area contributed by atoms with Gasteiger partial charge in [-0.3, -0.25) is 10.1 Å². The van der Waals surface area contributed by atoms with Crippen LogP contribution in [-0.2, 0) is 9.53 Å². The van der Waals surface area contributed by atoms with Crippen LogP contribution in [0, 0.1) is 10.1 Å². The molecule has 0 spiro atoms. The normalized spacial score (nSPS) is 15.1. The van der Waals surface area contributed by atoms with E-state index < -0.39 is 10.9 Å². The molecule has 2 aromatic rings. The van der Waals surface area contributed by atoms with Crippen molar-refractivity contribution < 1.29 is 19.2 Å². The lowest BCUT2D eigenvalue weighted by molar-refractivity contribution is -0.384. The van der Waals surface area contributed by atoms with Crippen molar-refractivity contribution in [1.82, 2.24) is 0 Å². The van der Waals surface area contributed by atoms with Crippen molar-refractivity contribution in [2.75, 3.05) is 7.11 Å². The van der Waals surface area contributed by atoms with Crippen LogP contribution < -0.4 is 4.74 Å². The summed E-state index contributed by atoms with van der Waals surface area (Å²) in [6.45, 7) is 0. The topological polar surface area (TPSA) is 91.0 Å². The molecule has 0 unspecified atom stereocenters. The Balaban J connectivity index is 1.94. The van der Waals surface area contributed by atoms with Gasteiger partial charge in [0, 0.05) is 17.7 Å². The van der Waals surface area contributed by atoms with Gasteiger partial charge in [-0.05, 0) is 29.8 Å². The minimum atomic E-state index is -0.612. The number of carbonyl (C=O) groups is 1. The molecule has 0 radical (unpaired) electrons. The van der Waals surface area contributed by atoms with Crippen LogP contribution in [-0.4, -0.2) is 23.9 Å². The Bertz CT molecular complexity index is 886. The smallest absolute Gasteiger partial charge is 0.363 e. The highest BCUT2D eigenvalue weighted by atomic mass is 16.6. The summed E-state index contributed by atoms with van der Waals surface area (Å²) in [5, 5.41) is 10.8. The summed E-state index contributed by atoms with van der Waals surface area (Å²) in [6, 6.07) is 12.9. The van der Waals surface area contributed by atoms with Crippen LogP contribution in [0.5, 0.6) is 5.75 Å². The molecule has 0 N–H and O–H groups in total. The van der Waals surface area contributed by atoms with Gasteiger partial charge in [0.05, 0.1) is 12.0 Å². The first-order valence-corrected chi connectivity index (χ1v) is 6.98. The summed E-state index contributed by atoms with van der Waals surface area (Å²) in [6.07, 6.45) is 1.56. The van der Waals surface area contributed by atoms with Gasteiger partial charge in [-0.25, -0.2) is 9.79 Å². The second kappa shape index (κ2) is 6.33. The Morgan fingerprint density at radius 2 is 2.00 bits per heavy atom. The lowest BCUT2D eigenvalue weighted by atomic mass is 10.2. The van der Waals surface area contributed by atoms with E-state index in [1.165, 1.54) is 18.2 Å². The highest BCUT2D eigenvalue weighted by Gasteiger charge is 2.25. The molecule has 2 aromatic carbocycles. The molecular weight excluding hydrogens is 312 g/mol. The summed E-state index contributed by atoms with van der Waals surface area (Å²) in [4.78, 5) is 26.4. The van der Waals surface area contributed by atoms with Crippen molar-refractivity contribution in [2.45, 2.75) is 0 Å². The molecule has 1 heterocycles. The number of nitro benzene ring substituents is 1. The van der Waals surface area contributed by atoms with Gasteiger partial charge in [0.15, 0.2) is 5.70 Å². The molecule has 3 rings (SSSR count). The molecule has 0 bridgehead atoms. The zero-order valence-electron chi connectivity index (χ0n) is 12.6. The summed E-state index contributed by atoms with van der Waals surface area (Å²) < 4.78 is 10.2. The quantitative estimate of drug-likeness (QED) is 0.373. The summed E-state index contributed by atoms with van der Waals surface area (Å²) in [5.41, 5.74) is 1.11. The Hall–Kier alpha value is -3.48. The van der Waals surface area contributed by atoms with Gasteiger partial charge in [0.1, 0.15) is 5.75 Å². The van der Waals surface area contributed by atoms with Crippen molar-refractivity contribution in [2.24, 2.45) is 4.99 Å². The standard InChI is InChI=1S/C17H12N2O5/c1-23-14-7-2-4-11(8-14)9-15-17(20)24-16(18-15)12-5-3-6-13(10-12)19(21)22/h2-10H,1H3/b15-9+. The van der Waals surface area contributed by atoms with Crippen LogP contribution in [0.25, 0.3) is 6.08 Å². The Kier molecular flexibility index (Phi) is 4.07. The predicted molar refractivity (Wildman–Crippen MR) is 86.7 cm³/mol. The summed E-state index contributed by atoms with van der Waals surface area (Å²) >= 11 is 0. The molecular formula is C17H12N2O5. The van der Waals surface area contributed by atoms with Crippen LogP contribution in [0.15, 0.2) is 59.2 Å². The van der Waals surface area contributed by atoms with Crippen molar-refractivity contribution in [3.63, 3.8) is 0 Å². The van der Waals surface area contributed by atoms with Crippen LogP contribution in [0.2, 0.25) is 0 Å². The molecule has 0 saturated carbocycles. The molecule has 7 heteroatoms. The molecule has 1 aliphatic rings. The number of aliphatic imine (C=N–C) groups is 1. The molecule has 1 aliphatic heterocycles. The molecule has 0 aromatic heterocycles. The van der Waals surface area contributed by atoms with Crippen molar-refractivity contribution >= 4 is 23.6 Å². The van der Waals surface area contributed by atoms with Gasteiger partial charge in [0.2, 0.25) is 5.90 Å². The molecule has 0 saturated heterocycles. The SMILES string of the molecule is COc1cccc(/C=C2/N=C(c3cccc([N+](=O)[O-])c3)OC2=O)c1. The Morgan fingerprint density at radius 3 is 2.75 bits per heavy atom. The number of ether oxygens (including phenoxy) is 2. The van der Waals surface area contributed by atoms with Crippen LogP contribution >= 0.6 is 0 Å². The van der Waals surface area contributed by atoms with Crippen LogP contribution in [0.1, 0.15) is 11.1 Å². The van der Waals surface area contributed by atoms with Gasteiger partial charge < -0.3 is 9.47 Å². The van der Waals surface area contributed by atoms with Crippen molar-refractivity contribution in [3.05, 3.63) is 75.5 Å². The first-order valence-electron chi connectivity index (χ1n) is 6.98. The number of cyclic esters (lactones) is 1. The van der Waals surface area contributed by atoms with Crippen LogP contribution in [0.4, 0.5) is 5.69 Å². The molecule has 7 nitrogen and oxygen atoms in total. The summed E-state index contributed by atoms with van der Waals surface area (Å²) in [7, 11) is 1.55. The predicted octanol–water partition coefficient (Wildman–Crippen LogP) is 2.95. The van der Waals surface area contributed by atoms with E-state index in [1.807, 2.05) is 0 Å². The molecule has 0 amide bonds. The van der Waals surface area contributed by atoms with Crippen molar-refractivity contribution in [1.29, 1.82) is 0 Å². The average molecular weight is 324 g/mol. The zero-order valence-corrected chi connectivity index (χ0v) is 12.6. The molecule has 120 valence electrons. The van der Waals surface area contributed by atoms with Crippen molar-refractivity contribution in [3.8, 4) is 5.75 Å². The lowest BCUT2D eigenvalue weighted by Crippen LogP contribution is -2.05. The summed E-state index contributed by atoms with van der Waals surface area (Å²) in [5.74, 6) is 0.0794. The van der Waals surface area contributed by atoms with Gasteiger partial charge >= 0.3 is 5.97 Å². The van der Waals surface area contributed by atoms with Crippen LogP contribution in [0.3, 0.4) is 0 Å². The molecule has 24 heavy (non-hydrogen) atoms. The first kappa shape index (κ1) is 15.4. The Morgan fingerprint density at radius 1 is 1.21 bits per heavy atom.